The van der Waals surface area contributed by atoms with Crippen molar-refractivity contribution in [1.82, 2.24) is 0 Å². The fourth-order valence-electron chi connectivity index (χ4n) is 4.09. The highest BCUT2D eigenvalue weighted by molar-refractivity contribution is 6.31. The van der Waals surface area contributed by atoms with Gasteiger partial charge in [-0.1, -0.05) is 24.1 Å². The molecule has 104 valence electrons. The molecule has 0 aromatic heterocycles. The van der Waals surface area contributed by atoms with Gasteiger partial charge in [0.1, 0.15) is 5.75 Å². The largest absolute Gasteiger partial charge is 0.496 e. The third-order valence-electron chi connectivity index (χ3n) is 4.98. The molecule has 19 heavy (non-hydrogen) atoms. The summed E-state index contributed by atoms with van der Waals surface area (Å²) in [6, 6.07) is 5.55. The highest BCUT2D eigenvalue weighted by Crippen LogP contribution is 2.51. The number of benzene rings is 1. The third kappa shape index (κ3) is 2.48. The molecule has 1 aromatic rings. The van der Waals surface area contributed by atoms with Crippen LogP contribution in [0, 0.1) is 17.8 Å². The monoisotopic (exact) mass is 280 g/mol. The summed E-state index contributed by atoms with van der Waals surface area (Å²) in [4.78, 5) is 0. The Kier molecular flexibility index (Phi) is 3.72. The summed E-state index contributed by atoms with van der Waals surface area (Å²) in [6.07, 6.45) is 5.72. The zero-order valence-electron chi connectivity index (χ0n) is 11.3. The van der Waals surface area contributed by atoms with E-state index in [9.17, 15) is 5.11 Å². The van der Waals surface area contributed by atoms with Crippen LogP contribution in [0.2, 0.25) is 5.02 Å². The third-order valence-corrected chi connectivity index (χ3v) is 5.31. The number of hydrogen-bond acceptors (Lipinski definition) is 2. The van der Waals surface area contributed by atoms with E-state index in [1.54, 1.807) is 7.11 Å². The van der Waals surface area contributed by atoms with Gasteiger partial charge in [0.25, 0.3) is 0 Å². The average molecular weight is 281 g/mol. The number of fused-ring (bicyclic) bond motifs is 2. The van der Waals surface area contributed by atoms with Gasteiger partial charge < -0.3 is 9.84 Å². The van der Waals surface area contributed by atoms with Gasteiger partial charge in [-0.15, -0.1) is 0 Å². The lowest BCUT2D eigenvalue weighted by Gasteiger charge is -2.25. The molecule has 3 heteroatoms. The molecule has 0 amide bonds. The van der Waals surface area contributed by atoms with Crippen LogP contribution in [-0.2, 0) is 0 Å². The first kappa shape index (κ1) is 13.3. The van der Waals surface area contributed by atoms with E-state index in [-0.39, 0.29) is 0 Å². The van der Waals surface area contributed by atoms with E-state index >= 15 is 0 Å². The van der Waals surface area contributed by atoms with Gasteiger partial charge in [-0.2, -0.15) is 0 Å². The Labute approximate surface area is 119 Å². The molecule has 2 saturated carbocycles. The Morgan fingerprint density at radius 3 is 2.84 bits per heavy atom. The Bertz CT molecular complexity index is 460. The quantitative estimate of drug-likeness (QED) is 0.895. The van der Waals surface area contributed by atoms with Crippen LogP contribution in [-0.4, -0.2) is 12.2 Å². The highest BCUT2D eigenvalue weighted by Gasteiger charge is 2.40. The highest BCUT2D eigenvalue weighted by atomic mass is 35.5. The minimum atomic E-state index is -0.506. The summed E-state index contributed by atoms with van der Waals surface area (Å²) in [5.74, 6) is 3.10. The van der Waals surface area contributed by atoms with Gasteiger partial charge in [-0.3, -0.25) is 0 Å². The zero-order chi connectivity index (χ0) is 13.4. The Morgan fingerprint density at radius 1 is 1.37 bits per heavy atom. The van der Waals surface area contributed by atoms with Crippen molar-refractivity contribution < 1.29 is 9.84 Å². The van der Waals surface area contributed by atoms with Gasteiger partial charge in [-0.25, -0.2) is 0 Å². The van der Waals surface area contributed by atoms with E-state index in [1.165, 1.54) is 25.7 Å². The molecular weight excluding hydrogens is 260 g/mol. The smallest absolute Gasteiger partial charge is 0.126 e. The van der Waals surface area contributed by atoms with Crippen LogP contribution in [0.1, 0.15) is 43.8 Å². The molecule has 3 rings (SSSR count). The summed E-state index contributed by atoms with van der Waals surface area (Å²) in [5, 5.41) is 11.1. The van der Waals surface area contributed by atoms with E-state index in [0.717, 1.165) is 23.8 Å². The Morgan fingerprint density at radius 2 is 2.21 bits per heavy atom. The first-order valence-corrected chi connectivity index (χ1v) is 7.57. The topological polar surface area (TPSA) is 29.5 Å². The maximum Gasteiger partial charge on any atom is 0.126 e. The Balaban J connectivity index is 1.75. The summed E-state index contributed by atoms with van der Waals surface area (Å²) < 4.78 is 5.33. The Hall–Kier alpha value is -0.730. The number of rotatable bonds is 4. The maximum absolute atomic E-state index is 10.5. The molecule has 2 aliphatic rings. The van der Waals surface area contributed by atoms with Crippen LogP contribution in [0.3, 0.4) is 0 Å². The molecule has 1 N–H and O–H groups in total. The van der Waals surface area contributed by atoms with E-state index in [0.29, 0.717) is 16.7 Å². The number of hydrogen-bond donors (Lipinski definition) is 1. The summed E-state index contributed by atoms with van der Waals surface area (Å²) >= 11 is 6.23. The van der Waals surface area contributed by atoms with E-state index in [2.05, 4.69) is 0 Å². The standard InChI is InChI=1S/C16H21ClO2/c1-19-15-4-2-3-13(17)16(15)14(18)9-12-8-10-5-6-11(12)7-10/h2-4,10-12,14,18H,5-9H2,1H3. The van der Waals surface area contributed by atoms with Crippen molar-refractivity contribution in [3.8, 4) is 5.75 Å². The fourth-order valence-corrected chi connectivity index (χ4v) is 4.38. The summed E-state index contributed by atoms with van der Waals surface area (Å²) in [5.41, 5.74) is 0.759. The zero-order valence-corrected chi connectivity index (χ0v) is 12.1. The summed E-state index contributed by atoms with van der Waals surface area (Å²) in [6.45, 7) is 0. The van der Waals surface area contributed by atoms with E-state index in [4.69, 9.17) is 16.3 Å². The predicted octanol–water partition coefficient (Wildman–Crippen LogP) is 4.21. The first-order chi connectivity index (χ1) is 9.19. The number of halogens is 1. The molecule has 0 radical (unpaired) electrons. The second-order valence-electron chi connectivity index (χ2n) is 6.04. The molecule has 0 spiro atoms. The van der Waals surface area contributed by atoms with Gasteiger partial charge >= 0.3 is 0 Å². The first-order valence-electron chi connectivity index (χ1n) is 7.19. The van der Waals surface area contributed by atoms with E-state index in [1.807, 2.05) is 18.2 Å². The lowest BCUT2D eigenvalue weighted by molar-refractivity contribution is 0.123. The van der Waals surface area contributed by atoms with Crippen molar-refractivity contribution in [2.75, 3.05) is 7.11 Å². The molecule has 0 heterocycles. The van der Waals surface area contributed by atoms with Gasteiger partial charge in [-0.05, 0) is 55.6 Å². The van der Waals surface area contributed by atoms with Gasteiger partial charge in [0.15, 0.2) is 0 Å². The lowest BCUT2D eigenvalue weighted by atomic mass is 9.83. The molecule has 0 aliphatic heterocycles. The normalized spacial score (nSPS) is 30.6. The average Bonchev–Trinajstić information content (AvgIpc) is 3.00. The van der Waals surface area contributed by atoms with Crippen LogP contribution in [0.15, 0.2) is 18.2 Å². The van der Waals surface area contributed by atoms with Crippen LogP contribution in [0.25, 0.3) is 0 Å². The molecule has 2 fully saturated rings. The van der Waals surface area contributed by atoms with Gasteiger partial charge in [0.05, 0.1) is 18.2 Å². The molecule has 4 atom stereocenters. The van der Waals surface area contributed by atoms with Crippen molar-refractivity contribution in [2.45, 2.75) is 38.2 Å². The van der Waals surface area contributed by atoms with Crippen LogP contribution < -0.4 is 4.74 Å². The maximum atomic E-state index is 10.5. The number of aliphatic hydroxyl groups is 1. The van der Waals surface area contributed by atoms with Crippen molar-refractivity contribution in [1.29, 1.82) is 0 Å². The second-order valence-corrected chi connectivity index (χ2v) is 6.45. The SMILES string of the molecule is COc1cccc(Cl)c1C(O)CC1CC2CCC1C2. The predicted molar refractivity (Wildman–Crippen MR) is 76.5 cm³/mol. The molecule has 2 aliphatic carbocycles. The van der Waals surface area contributed by atoms with Gasteiger partial charge in [0, 0.05) is 5.56 Å². The molecule has 0 saturated heterocycles. The van der Waals surface area contributed by atoms with Crippen molar-refractivity contribution in [3.05, 3.63) is 28.8 Å². The summed E-state index contributed by atoms with van der Waals surface area (Å²) in [7, 11) is 1.62. The van der Waals surface area contributed by atoms with E-state index < -0.39 is 6.10 Å². The number of methoxy groups -OCH3 is 1. The van der Waals surface area contributed by atoms with Crippen LogP contribution in [0.4, 0.5) is 0 Å². The molecule has 4 unspecified atom stereocenters. The molecule has 1 aromatic carbocycles. The minimum absolute atomic E-state index is 0.506. The van der Waals surface area contributed by atoms with Crippen molar-refractivity contribution >= 4 is 11.6 Å². The molecular formula is C16H21ClO2. The minimum Gasteiger partial charge on any atom is -0.496 e. The molecule has 2 nitrogen and oxygen atoms in total. The fraction of sp³-hybridized carbons (Fsp3) is 0.625. The number of aliphatic hydroxyl groups excluding tert-OH is 1. The second kappa shape index (κ2) is 5.34. The van der Waals surface area contributed by atoms with Gasteiger partial charge in [0.2, 0.25) is 0 Å². The lowest BCUT2D eigenvalue weighted by Crippen LogP contribution is -2.15. The van der Waals surface area contributed by atoms with Crippen LogP contribution >= 0.6 is 11.6 Å². The van der Waals surface area contributed by atoms with Crippen LogP contribution in [0.5, 0.6) is 5.75 Å². The number of ether oxygens (including phenoxy) is 1. The van der Waals surface area contributed by atoms with Crippen molar-refractivity contribution in [3.63, 3.8) is 0 Å². The molecule has 2 bridgehead atoms. The van der Waals surface area contributed by atoms with Crippen molar-refractivity contribution in [2.24, 2.45) is 17.8 Å².